The number of carbonyl (C=O) groups excluding carboxylic acids is 1. The van der Waals surface area contributed by atoms with Gasteiger partial charge in [0.2, 0.25) is 0 Å². The summed E-state index contributed by atoms with van der Waals surface area (Å²) in [5.74, 6) is 0.948. The van der Waals surface area contributed by atoms with Crippen LogP contribution in [0.1, 0.15) is 17.4 Å². The number of amides is 2. The molecule has 1 atom stereocenters. The van der Waals surface area contributed by atoms with Gasteiger partial charge < -0.3 is 14.9 Å². The van der Waals surface area contributed by atoms with Crippen LogP contribution in [-0.4, -0.2) is 22.8 Å². The molecule has 6 heteroatoms. The fraction of sp³-hybridized carbons (Fsp3) is 0.231. The number of carbonyl (C=O) groups is 1. The predicted molar refractivity (Wildman–Crippen MR) is 69.7 cm³/mol. The molecule has 2 amide bonds. The molecule has 1 aromatic heterocycles. The number of aryl methyl sites for hydroxylation is 1. The normalized spacial score (nSPS) is 11.9. The van der Waals surface area contributed by atoms with Crippen molar-refractivity contribution in [2.24, 2.45) is 0 Å². The lowest BCUT2D eigenvalue weighted by molar-refractivity contribution is 0.175. The van der Waals surface area contributed by atoms with E-state index in [1.165, 1.54) is 0 Å². The van der Waals surface area contributed by atoms with Crippen LogP contribution < -0.4 is 10.6 Å². The van der Waals surface area contributed by atoms with Gasteiger partial charge >= 0.3 is 6.03 Å². The molecule has 1 heterocycles. The SMILES string of the molecule is Cc1cc(NC(=O)NC[C@@H](O)c2ccccc2)no1. The largest absolute Gasteiger partial charge is 0.387 e. The number of rotatable bonds is 4. The van der Waals surface area contributed by atoms with Gasteiger partial charge in [0.1, 0.15) is 5.76 Å². The Morgan fingerprint density at radius 2 is 2.16 bits per heavy atom. The lowest BCUT2D eigenvalue weighted by Crippen LogP contribution is -2.32. The van der Waals surface area contributed by atoms with Crippen molar-refractivity contribution >= 4 is 11.8 Å². The zero-order valence-corrected chi connectivity index (χ0v) is 10.5. The number of hydrogen-bond acceptors (Lipinski definition) is 4. The van der Waals surface area contributed by atoms with Crippen LogP contribution in [0.15, 0.2) is 40.9 Å². The summed E-state index contributed by atoms with van der Waals surface area (Å²) in [5.41, 5.74) is 0.750. The van der Waals surface area contributed by atoms with Crippen molar-refractivity contribution in [2.75, 3.05) is 11.9 Å². The van der Waals surface area contributed by atoms with E-state index < -0.39 is 12.1 Å². The van der Waals surface area contributed by atoms with E-state index in [1.54, 1.807) is 25.1 Å². The summed E-state index contributed by atoms with van der Waals surface area (Å²) in [6.45, 7) is 1.85. The molecule has 2 aromatic rings. The third-order valence-corrected chi connectivity index (χ3v) is 2.51. The van der Waals surface area contributed by atoms with Crippen LogP contribution in [-0.2, 0) is 0 Å². The summed E-state index contributed by atoms with van der Waals surface area (Å²) < 4.78 is 4.82. The lowest BCUT2D eigenvalue weighted by atomic mass is 10.1. The first-order valence-corrected chi connectivity index (χ1v) is 5.86. The fourth-order valence-corrected chi connectivity index (χ4v) is 1.57. The molecule has 100 valence electrons. The van der Waals surface area contributed by atoms with Gasteiger partial charge in [-0.1, -0.05) is 35.5 Å². The van der Waals surface area contributed by atoms with Gasteiger partial charge in [-0.25, -0.2) is 4.79 Å². The number of hydrogen-bond donors (Lipinski definition) is 3. The maximum absolute atomic E-state index is 11.5. The van der Waals surface area contributed by atoms with E-state index in [9.17, 15) is 9.90 Å². The molecule has 0 aliphatic heterocycles. The molecule has 0 unspecified atom stereocenters. The number of aliphatic hydroxyl groups is 1. The van der Waals surface area contributed by atoms with Gasteiger partial charge in [-0.3, -0.25) is 5.32 Å². The zero-order valence-electron chi connectivity index (χ0n) is 10.5. The third-order valence-electron chi connectivity index (χ3n) is 2.51. The highest BCUT2D eigenvalue weighted by atomic mass is 16.5. The van der Waals surface area contributed by atoms with Crippen LogP contribution in [0.2, 0.25) is 0 Å². The fourth-order valence-electron chi connectivity index (χ4n) is 1.57. The number of aliphatic hydroxyl groups excluding tert-OH is 1. The average molecular weight is 261 g/mol. The second-order valence-electron chi connectivity index (χ2n) is 4.08. The number of urea groups is 1. The Morgan fingerprint density at radius 3 is 2.79 bits per heavy atom. The molecular formula is C13H15N3O3. The van der Waals surface area contributed by atoms with Crippen LogP contribution in [0.4, 0.5) is 10.6 Å². The van der Waals surface area contributed by atoms with Crippen molar-refractivity contribution in [1.29, 1.82) is 0 Å². The highest BCUT2D eigenvalue weighted by molar-refractivity contribution is 5.88. The van der Waals surface area contributed by atoms with E-state index in [1.807, 2.05) is 18.2 Å². The smallest absolute Gasteiger partial charge is 0.320 e. The quantitative estimate of drug-likeness (QED) is 0.783. The summed E-state index contributed by atoms with van der Waals surface area (Å²) in [6, 6.07) is 10.3. The molecule has 19 heavy (non-hydrogen) atoms. The van der Waals surface area contributed by atoms with E-state index in [2.05, 4.69) is 15.8 Å². The van der Waals surface area contributed by atoms with E-state index >= 15 is 0 Å². The molecule has 0 aliphatic rings. The Balaban J connectivity index is 1.80. The molecule has 1 aromatic carbocycles. The van der Waals surface area contributed by atoms with Crippen LogP contribution in [0.3, 0.4) is 0 Å². The summed E-state index contributed by atoms with van der Waals surface area (Å²) in [6.07, 6.45) is -0.744. The molecular weight excluding hydrogens is 246 g/mol. The van der Waals surface area contributed by atoms with Gasteiger partial charge in [0.15, 0.2) is 5.82 Å². The third kappa shape index (κ3) is 3.82. The highest BCUT2D eigenvalue weighted by Gasteiger charge is 2.10. The van der Waals surface area contributed by atoms with E-state index in [0.717, 1.165) is 5.56 Å². The minimum absolute atomic E-state index is 0.118. The Labute approximate surface area is 110 Å². The van der Waals surface area contributed by atoms with Gasteiger partial charge in [-0.2, -0.15) is 0 Å². The van der Waals surface area contributed by atoms with Crippen molar-refractivity contribution in [1.82, 2.24) is 10.5 Å². The minimum Gasteiger partial charge on any atom is -0.387 e. The summed E-state index contributed by atoms with van der Waals surface area (Å²) in [5, 5.41) is 18.6. The first kappa shape index (κ1) is 13.1. The molecule has 0 radical (unpaired) electrons. The average Bonchev–Trinajstić information content (AvgIpc) is 2.82. The van der Waals surface area contributed by atoms with Gasteiger partial charge in [-0.05, 0) is 12.5 Å². The predicted octanol–water partition coefficient (Wildman–Crippen LogP) is 1.84. The lowest BCUT2D eigenvalue weighted by Gasteiger charge is -2.11. The van der Waals surface area contributed by atoms with E-state index in [0.29, 0.717) is 11.6 Å². The van der Waals surface area contributed by atoms with Crippen molar-refractivity contribution < 1.29 is 14.4 Å². The highest BCUT2D eigenvalue weighted by Crippen LogP contribution is 2.11. The van der Waals surface area contributed by atoms with Gasteiger partial charge in [0.25, 0.3) is 0 Å². The maximum Gasteiger partial charge on any atom is 0.320 e. The first-order valence-electron chi connectivity index (χ1n) is 5.86. The molecule has 0 saturated carbocycles. The summed E-state index contributed by atoms with van der Waals surface area (Å²) >= 11 is 0. The summed E-state index contributed by atoms with van der Waals surface area (Å²) in [4.78, 5) is 11.5. The van der Waals surface area contributed by atoms with Gasteiger partial charge in [0.05, 0.1) is 6.10 Å². The van der Waals surface area contributed by atoms with E-state index in [4.69, 9.17) is 4.52 Å². The molecule has 2 rings (SSSR count). The molecule has 0 aliphatic carbocycles. The van der Waals surface area contributed by atoms with Crippen molar-refractivity contribution in [3.63, 3.8) is 0 Å². The Kier molecular flexibility index (Phi) is 4.15. The number of aromatic nitrogens is 1. The van der Waals surface area contributed by atoms with Crippen LogP contribution in [0, 0.1) is 6.92 Å². The maximum atomic E-state index is 11.5. The zero-order chi connectivity index (χ0) is 13.7. The Bertz CT molecular complexity index is 539. The molecule has 3 N–H and O–H groups in total. The molecule has 0 fully saturated rings. The van der Waals surface area contributed by atoms with Crippen molar-refractivity contribution in [2.45, 2.75) is 13.0 Å². The number of nitrogens with zero attached hydrogens (tertiary/aromatic N) is 1. The van der Waals surface area contributed by atoms with Gasteiger partial charge in [-0.15, -0.1) is 0 Å². The van der Waals surface area contributed by atoms with Crippen LogP contribution in [0.5, 0.6) is 0 Å². The molecule has 0 saturated heterocycles. The van der Waals surface area contributed by atoms with Crippen LogP contribution in [0.25, 0.3) is 0 Å². The number of benzene rings is 1. The summed E-state index contributed by atoms with van der Waals surface area (Å²) in [7, 11) is 0. The first-order chi connectivity index (χ1) is 9.15. The number of nitrogens with one attached hydrogen (secondary N) is 2. The second kappa shape index (κ2) is 6.01. The number of anilines is 1. The Hall–Kier alpha value is -2.34. The monoisotopic (exact) mass is 261 g/mol. The molecule has 0 bridgehead atoms. The Morgan fingerprint density at radius 1 is 1.42 bits per heavy atom. The van der Waals surface area contributed by atoms with Crippen LogP contribution >= 0.6 is 0 Å². The topological polar surface area (TPSA) is 87.4 Å². The van der Waals surface area contributed by atoms with Crippen molar-refractivity contribution in [3.05, 3.63) is 47.7 Å². The van der Waals surface area contributed by atoms with Gasteiger partial charge in [0, 0.05) is 12.6 Å². The molecule has 6 nitrogen and oxygen atoms in total. The van der Waals surface area contributed by atoms with Crippen molar-refractivity contribution in [3.8, 4) is 0 Å². The second-order valence-corrected chi connectivity index (χ2v) is 4.08. The van der Waals surface area contributed by atoms with E-state index in [-0.39, 0.29) is 6.54 Å². The minimum atomic E-state index is -0.744. The standard InChI is InChI=1S/C13H15N3O3/c1-9-7-12(16-19-9)15-13(18)14-8-11(17)10-5-3-2-4-6-10/h2-7,11,17H,8H2,1H3,(H2,14,15,16,18)/t11-/m1/s1. The molecule has 0 spiro atoms.